The van der Waals surface area contributed by atoms with Gasteiger partial charge in [0.1, 0.15) is 0 Å². The van der Waals surface area contributed by atoms with E-state index in [4.69, 9.17) is 42.1 Å². The van der Waals surface area contributed by atoms with Gasteiger partial charge in [0.05, 0.1) is 39.3 Å². The van der Waals surface area contributed by atoms with E-state index in [9.17, 15) is 24.3 Å². The van der Waals surface area contributed by atoms with Crippen LogP contribution in [0.5, 0.6) is 0 Å². The number of allylic oxidation sites excluding steroid dienone is 1. The smallest absolute Gasteiger partial charge is 0.307 e. The molecule has 4 aromatic carbocycles. The fraction of sp³-hybridized carbons (Fsp3) is 0.559. The van der Waals surface area contributed by atoms with Crippen LogP contribution in [0.4, 0.5) is 0 Å². The van der Waals surface area contributed by atoms with Crippen molar-refractivity contribution in [1.82, 2.24) is 10.2 Å². The van der Waals surface area contributed by atoms with E-state index in [1.54, 1.807) is 18.7 Å². The molecule has 81 heavy (non-hydrogen) atoms. The van der Waals surface area contributed by atoms with Crippen LogP contribution in [0, 0.1) is 28.6 Å². The van der Waals surface area contributed by atoms with Gasteiger partial charge in [0.2, 0.25) is 11.8 Å². The number of aryl methyl sites for hydroxylation is 2. The molecule has 0 aromatic heterocycles. The van der Waals surface area contributed by atoms with E-state index in [0.29, 0.717) is 63.5 Å². The molecule has 2 N–H and O–H groups in total. The van der Waals surface area contributed by atoms with Crippen LogP contribution in [-0.4, -0.2) is 79.9 Å². The molecular weight excluding hydrogens is 1060 g/mol. The Morgan fingerprint density at radius 3 is 1.79 bits per heavy atom. The maximum absolute atomic E-state index is 13.4. The van der Waals surface area contributed by atoms with E-state index in [1.807, 2.05) is 60.8 Å². The van der Waals surface area contributed by atoms with E-state index >= 15 is 0 Å². The monoisotopic (exact) mass is 1150 g/mol. The summed E-state index contributed by atoms with van der Waals surface area (Å²) in [6.45, 7) is 20.5. The molecule has 0 saturated heterocycles. The van der Waals surface area contributed by atoms with Crippen LogP contribution in [0.25, 0.3) is 0 Å². The number of aliphatic hydroxyl groups is 1. The molecule has 0 radical (unpaired) electrons. The highest BCUT2D eigenvalue weighted by atomic mass is 35.5. The Labute approximate surface area is 494 Å². The average molecular weight is 1150 g/mol. The van der Waals surface area contributed by atoms with Crippen molar-refractivity contribution in [2.75, 3.05) is 46.1 Å². The largest absolute Gasteiger partial charge is 0.466 e. The summed E-state index contributed by atoms with van der Waals surface area (Å²) in [5.74, 6) is -0.306. The second-order valence-corrected chi connectivity index (χ2v) is 25.7. The fourth-order valence-corrected chi connectivity index (χ4v) is 12.7. The fourth-order valence-electron chi connectivity index (χ4n) is 12.1. The van der Waals surface area contributed by atoms with Crippen molar-refractivity contribution < 1.29 is 43.2 Å². The van der Waals surface area contributed by atoms with Crippen molar-refractivity contribution in [3.8, 4) is 0 Å². The summed E-state index contributed by atoms with van der Waals surface area (Å²) in [4.78, 5) is 52.2. The summed E-state index contributed by atoms with van der Waals surface area (Å²) >= 11 is 13.7. The van der Waals surface area contributed by atoms with Crippen LogP contribution in [0.3, 0.4) is 0 Å². The molecule has 5 atom stereocenters. The van der Waals surface area contributed by atoms with Gasteiger partial charge in [-0.25, -0.2) is 0 Å². The molecule has 1 heterocycles. The highest BCUT2D eigenvalue weighted by Gasteiger charge is 2.51. The number of benzene rings is 4. The van der Waals surface area contributed by atoms with Crippen LogP contribution in [0.2, 0.25) is 10.0 Å². The van der Waals surface area contributed by atoms with Crippen LogP contribution in [-0.2, 0) is 75.0 Å². The minimum Gasteiger partial charge on any atom is -0.466 e. The number of carbonyl (C=O) groups excluding carboxylic acids is 4. The maximum atomic E-state index is 13.4. The Kier molecular flexibility index (Phi) is 24.9. The number of nitrogens with one attached hydrogen (secondary N) is 1. The number of esters is 2. The molecule has 3 aliphatic rings. The second-order valence-electron chi connectivity index (χ2n) is 24.9. The molecular formula is C68H92Cl2N2O9. The van der Waals surface area contributed by atoms with Gasteiger partial charge in [-0.15, -0.1) is 0 Å². The van der Waals surface area contributed by atoms with Crippen molar-refractivity contribution in [3.63, 3.8) is 0 Å². The SMILES string of the molecule is CCOC(=O)CCN1C=C2C(CCOCc3ccccc3)CCC2(c2ccc(CCC(C)(C)C)c(Cl)c2)CC1=O.CCOC(=O)CCNC(=O)CC1(c2ccc(CCC(C)(C)C)c(Cl)c2)CCC(CCOCc2ccccc2)C1CO. The zero-order valence-corrected chi connectivity index (χ0v) is 51.2. The van der Waals surface area contributed by atoms with Gasteiger partial charge in [-0.1, -0.05) is 150 Å². The molecule has 2 aliphatic carbocycles. The van der Waals surface area contributed by atoms with E-state index in [1.165, 1.54) is 5.57 Å². The van der Waals surface area contributed by atoms with Crippen molar-refractivity contribution in [2.45, 2.75) is 169 Å². The highest BCUT2D eigenvalue weighted by Crippen LogP contribution is 2.55. The quantitative estimate of drug-likeness (QED) is 0.0441. The summed E-state index contributed by atoms with van der Waals surface area (Å²) in [6, 6.07) is 33.0. The number of halogens is 2. The zero-order valence-electron chi connectivity index (χ0n) is 49.7. The molecule has 5 unspecified atom stereocenters. The van der Waals surface area contributed by atoms with Crippen LogP contribution in [0.1, 0.15) is 166 Å². The molecule has 0 spiro atoms. The summed E-state index contributed by atoms with van der Waals surface area (Å²) in [5.41, 5.74) is 7.45. The maximum Gasteiger partial charge on any atom is 0.307 e. The van der Waals surface area contributed by atoms with Crippen LogP contribution >= 0.6 is 23.2 Å². The molecule has 7 rings (SSSR count). The Morgan fingerprint density at radius 2 is 1.25 bits per heavy atom. The van der Waals surface area contributed by atoms with Gasteiger partial charge >= 0.3 is 11.9 Å². The Morgan fingerprint density at radius 1 is 0.704 bits per heavy atom. The third-order valence-electron chi connectivity index (χ3n) is 16.7. The summed E-state index contributed by atoms with van der Waals surface area (Å²) < 4.78 is 22.1. The van der Waals surface area contributed by atoms with Gasteiger partial charge in [0.25, 0.3) is 0 Å². The number of rotatable bonds is 27. The van der Waals surface area contributed by atoms with Gasteiger partial charge in [-0.2, -0.15) is 0 Å². The lowest BCUT2D eigenvalue weighted by atomic mass is 9.67. The third kappa shape index (κ3) is 19.3. The van der Waals surface area contributed by atoms with E-state index in [2.05, 4.69) is 89.3 Å². The first-order valence-electron chi connectivity index (χ1n) is 29.7. The molecule has 1 aliphatic heterocycles. The Bertz CT molecular complexity index is 2680. The van der Waals surface area contributed by atoms with Gasteiger partial charge < -0.3 is 34.3 Å². The first-order valence-corrected chi connectivity index (χ1v) is 30.5. The minimum atomic E-state index is -0.556. The lowest BCUT2D eigenvalue weighted by molar-refractivity contribution is -0.144. The van der Waals surface area contributed by atoms with Crippen molar-refractivity contribution in [1.29, 1.82) is 0 Å². The van der Waals surface area contributed by atoms with E-state index in [-0.39, 0.29) is 84.2 Å². The number of fused-ring (bicyclic) bond motifs is 1. The number of amides is 2. The number of hydrogen-bond donors (Lipinski definition) is 2. The van der Waals surface area contributed by atoms with Gasteiger partial charge in [0.15, 0.2) is 0 Å². The van der Waals surface area contributed by atoms with Crippen LogP contribution in [0.15, 0.2) is 109 Å². The third-order valence-corrected chi connectivity index (χ3v) is 17.4. The molecule has 2 saturated carbocycles. The molecule has 2 amide bonds. The predicted octanol–water partition coefficient (Wildman–Crippen LogP) is 14.3. The van der Waals surface area contributed by atoms with Gasteiger partial charge in [0, 0.05) is 72.8 Å². The minimum absolute atomic E-state index is 0.0249. The zero-order chi connectivity index (χ0) is 58.6. The summed E-state index contributed by atoms with van der Waals surface area (Å²) in [6.07, 6.45) is 12.1. The van der Waals surface area contributed by atoms with Gasteiger partial charge in [-0.3, -0.25) is 19.2 Å². The summed E-state index contributed by atoms with van der Waals surface area (Å²) in [5, 5.41) is 15.1. The van der Waals surface area contributed by atoms with Crippen LogP contribution < -0.4 is 5.32 Å². The lowest BCUT2D eigenvalue weighted by Gasteiger charge is -2.39. The molecule has 4 aromatic rings. The Hall–Kier alpha value is -5.04. The van der Waals surface area contributed by atoms with Crippen molar-refractivity contribution in [3.05, 3.63) is 152 Å². The number of hydrogen-bond acceptors (Lipinski definition) is 9. The molecule has 13 heteroatoms. The summed E-state index contributed by atoms with van der Waals surface area (Å²) in [7, 11) is 0. The topological polar surface area (TPSA) is 141 Å². The number of ether oxygens (including phenoxy) is 4. The lowest BCUT2D eigenvalue weighted by Crippen LogP contribution is -2.42. The first kappa shape index (κ1) is 65.1. The average Bonchev–Trinajstić information content (AvgIpc) is 4.06. The molecule has 2 fully saturated rings. The highest BCUT2D eigenvalue weighted by molar-refractivity contribution is 6.31. The number of carbonyl (C=O) groups is 4. The molecule has 11 nitrogen and oxygen atoms in total. The first-order chi connectivity index (χ1) is 38.7. The number of aliphatic hydroxyl groups excluding tert-OH is 1. The number of nitrogens with zero attached hydrogens (tertiary/aromatic N) is 1. The second kappa shape index (κ2) is 31.0. The molecule has 0 bridgehead atoms. The van der Waals surface area contributed by atoms with Crippen molar-refractivity contribution in [2.24, 2.45) is 28.6 Å². The molecule has 442 valence electrons. The predicted molar refractivity (Wildman–Crippen MR) is 324 cm³/mol. The standard InChI is InChI=1S/C34H48ClNO5.C34H44ClNO4/c1-5-41-32(39)15-19-36-31(38)22-34(28-12-11-27(30(35)21-28)13-17-33(2,3)4)18-14-26(29(34)23-37)16-20-40-24-25-9-7-6-8-10-25;1-5-40-32(38)15-19-36-23-29-26(16-20-39-24-25-9-7-6-8-10-25)14-18-34(29,22-31(36)37)28-12-11-27(30(35)21-28)13-17-33(2,3)4/h6-12,21,26,29,37H,5,13-20,22-24H2,1-4H3,(H,36,38);6-12,21,23,26H,5,13-20,22,24H2,1-4H3. The van der Waals surface area contributed by atoms with E-state index < -0.39 is 5.41 Å². The van der Waals surface area contributed by atoms with Crippen molar-refractivity contribution >= 4 is 47.0 Å². The Balaban J connectivity index is 0.000000261. The van der Waals surface area contributed by atoms with Gasteiger partial charge in [-0.05, 0) is 158 Å². The van der Waals surface area contributed by atoms with E-state index in [0.717, 1.165) is 103 Å². The normalized spacial score (nSPS) is 20.7.